The Hall–Kier alpha value is -6.38. The van der Waals surface area contributed by atoms with Gasteiger partial charge in [0, 0.05) is 33.9 Å². The second-order valence-electron chi connectivity index (χ2n) is 14.7. The summed E-state index contributed by atoms with van der Waals surface area (Å²) in [5.41, 5.74) is 13.9. The van der Waals surface area contributed by atoms with E-state index in [9.17, 15) is 0 Å². The molecule has 260 valence electrons. The highest BCUT2D eigenvalue weighted by Gasteiger charge is 2.20. The minimum atomic E-state index is 0.661. The van der Waals surface area contributed by atoms with Gasteiger partial charge in [-0.05, 0) is 117 Å². The van der Waals surface area contributed by atoms with Crippen molar-refractivity contribution in [1.29, 1.82) is 0 Å². The van der Waals surface area contributed by atoms with E-state index >= 15 is 0 Å². The van der Waals surface area contributed by atoms with Gasteiger partial charge < -0.3 is 9.32 Å². The molecule has 0 unspecified atom stereocenters. The van der Waals surface area contributed by atoms with E-state index in [1.165, 1.54) is 81.8 Å². The second kappa shape index (κ2) is 13.9. The van der Waals surface area contributed by atoms with Crippen LogP contribution in [0.5, 0.6) is 0 Å². The molecule has 10 rings (SSSR count). The summed E-state index contributed by atoms with van der Waals surface area (Å²) in [7, 11) is 0. The molecule has 1 aromatic heterocycles. The maximum atomic E-state index is 6.40. The lowest BCUT2D eigenvalue weighted by Gasteiger charge is -2.27. The monoisotopic (exact) mass is 695 g/mol. The Morgan fingerprint density at radius 2 is 1.04 bits per heavy atom. The van der Waals surface area contributed by atoms with Crippen molar-refractivity contribution in [3.63, 3.8) is 0 Å². The molecule has 1 heterocycles. The van der Waals surface area contributed by atoms with Crippen LogP contribution in [0.3, 0.4) is 0 Å². The van der Waals surface area contributed by atoms with Crippen molar-refractivity contribution in [2.24, 2.45) is 0 Å². The number of rotatable bonds is 7. The third kappa shape index (κ3) is 5.94. The van der Waals surface area contributed by atoms with Gasteiger partial charge in [-0.1, -0.05) is 147 Å². The van der Waals surface area contributed by atoms with Crippen molar-refractivity contribution in [2.75, 3.05) is 4.90 Å². The maximum absolute atomic E-state index is 6.40. The lowest BCUT2D eigenvalue weighted by molar-refractivity contribution is 0.443. The first-order valence-corrected chi connectivity index (χ1v) is 19.4. The Bertz CT molecular complexity index is 2730. The van der Waals surface area contributed by atoms with Gasteiger partial charge in [-0.25, -0.2) is 0 Å². The van der Waals surface area contributed by atoms with E-state index in [-0.39, 0.29) is 0 Å². The minimum absolute atomic E-state index is 0.661. The summed E-state index contributed by atoms with van der Waals surface area (Å²) in [4.78, 5) is 2.37. The van der Waals surface area contributed by atoms with Crippen LogP contribution in [0.1, 0.15) is 43.6 Å². The Labute approximate surface area is 316 Å². The van der Waals surface area contributed by atoms with Gasteiger partial charge in [0.05, 0.1) is 0 Å². The molecule has 1 aliphatic rings. The molecule has 0 spiro atoms. The van der Waals surface area contributed by atoms with E-state index in [1.807, 2.05) is 6.07 Å². The van der Waals surface area contributed by atoms with E-state index < -0.39 is 0 Å². The van der Waals surface area contributed by atoms with E-state index in [0.29, 0.717) is 5.92 Å². The first-order chi connectivity index (χ1) is 26.8. The quantitative estimate of drug-likeness (QED) is 0.165. The van der Waals surface area contributed by atoms with Gasteiger partial charge in [-0.2, -0.15) is 0 Å². The summed E-state index contributed by atoms with van der Waals surface area (Å²) in [5.74, 6) is 0.661. The number of nitrogens with zero attached hydrogens (tertiary/aromatic N) is 1. The molecule has 2 heteroatoms. The Morgan fingerprint density at radius 1 is 0.407 bits per heavy atom. The lowest BCUT2D eigenvalue weighted by atomic mass is 9.84. The van der Waals surface area contributed by atoms with Crippen LogP contribution in [-0.2, 0) is 0 Å². The van der Waals surface area contributed by atoms with Crippen LogP contribution in [0, 0.1) is 0 Å². The van der Waals surface area contributed by atoms with E-state index in [4.69, 9.17) is 4.42 Å². The van der Waals surface area contributed by atoms with Gasteiger partial charge in [0.2, 0.25) is 0 Å². The number of hydrogen-bond donors (Lipinski definition) is 0. The summed E-state index contributed by atoms with van der Waals surface area (Å²) in [6, 6.07) is 66.3. The zero-order valence-corrected chi connectivity index (χ0v) is 30.3. The normalized spacial score (nSPS) is 13.5. The van der Waals surface area contributed by atoms with Crippen molar-refractivity contribution in [2.45, 2.75) is 38.0 Å². The van der Waals surface area contributed by atoms with Crippen molar-refractivity contribution in [3.8, 4) is 33.4 Å². The van der Waals surface area contributed by atoms with E-state index in [1.54, 1.807) is 0 Å². The highest BCUT2D eigenvalue weighted by molar-refractivity contribution is 6.06. The third-order valence-corrected chi connectivity index (χ3v) is 11.5. The molecule has 0 N–H and O–H groups in total. The number of para-hydroxylation sites is 1. The van der Waals surface area contributed by atoms with E-state index in [2.05, 4.69) is 181 Å². The Morgan fingerprint density at radius 3 is 1.83 bits per heavy atom. The number of benzene rings is 8. The number of hydrogen-bond acceptors (Lipinski definition) is 2. The minimum Gasteiger partial charge on any atom is -0.456 e. The van der Waals surface area contributed by atoms with Crippen LogP contribution < -0.4 is 4.90 Å². The molecule has 1 aliphatic carbocycles. The van der Waals surface area contributed by atoms with Crippen LogP contribution in [-0.4, -0.2) is 0 Å². The average molecular weight is 696 g/mol. The molecule has 0 saturated heterocycles. The molecule has 0 radical (unpaired) electrons. The molecule has 9 aromatic rings. The van der Waals surface area contributed by atoms with Crippen LogP contribution in [0.15, 0.2) is 186 Å². The Balaban J connectivity index is 1.10. The number of anilines is 3. The molecule has 0 atom stereocenters. The van der Waals surface area contributed by atoms with Crippen molar-refractivity contribution in [1.82, 2.24) is 0 Å². The molecular weight excluding hydrogens is 655 g/mol. The summed E-state index contributed by atoms with van der Waals surface area (Å²) in [5, 5.41) is 4.77. The SMILES string of the molecule is c1ccc(-c2cccc(-c3ccc4ccccc4c3)c2-c2ccc(N(c3ccc(C4CCCCC4)cc3)c3ccc4c(c3)oc3ccccc34)cc2)cc1. The molecule has 8 aromatic carbocycles. The summed E-state index contributed by atoms with van der Waals surface area (Å²) >= 11 is 0. The molecular formula is C52H41NO. The zero-order chi connectivity index (χ0) is 35.8. The largest absolute Gasteiger partial charge is 0.456 e. The van der Waals surface area contributed by atoms with Gasteiger partial charge >= 0.3 is 0 Å². The van der Waals surface area contributed by atoms with Crippen LogP contribution in [0.2, 0.25) is 0 Å². The van der Waals surface area contributed by atoms with Gasteiger partial charge in [-0.3, -0.25) is 0 Å². The topological polar surface area (TPSA) is 16.4 Å². The molecule has 0 aliphatic heterocycles. The predicted octanol–water partition coefficient (Wildman–Crippen LogP) is 15.3. The van der Waals surface area contributed by atoms with E-state index in [0.717, 1.165) is 39.0 Å². The standard InChI is InChI=1S/C52H41NO/c1-3-12-36(13-4-1)38-24-28-43(29-25-38)53(45-32-33-49-48-18-9-10-21-50(48)54-51(49)35-45)44-30-26-40(27-31-44)52-46(39-15-5-2-6-16-39)19-11-20-47(52)42-23-22-37-14-7-8-17-41(37)34-42/h2,5-11,14-36H,1,3-4,12-13H2. The maximum Gasteiger partial charge on any atom is 0.137 e. The van der Waals surface area contributed by atoms with Crippen LogP contribution in [0.4, 0.5) is 17.1 Å². The van der Waals surface area contributed by atoms with Crippen molar-refractivity contribution < 1.29 is 4.42 Å². The number of fused-ring (bicyclic) bond motifs is 4. The fourth-order valence-electron chi connectivity index (χ4n) is 8.73. The predicted molar refractivity (Wildman–Crippen MR) is 228 cm³/mol. The summed E-state index contributed by atoms with van der Waals surface area (Å²) in [6.45, 7) is 0. The fourth-order valence-corrected chi connectivity index (χ4v) is 8.73. The first kappa shape index (κ1) is 32.3. The molecule has 2 nitrogen and oxygen atoms in total. The van der Waals surface area contributed by atoms with Gasteiger partial charge in [-0.15, -0.1) is 0 Å². The van der Waals surface area contributed by atoms with Gasteiger partial charge in [0.25, 0.3) is 0 Å². The zero-order valence-electron chi connectivity index (χ0n) is 30.3. The Kier molecular flexibility index (Phi) is 8.30. The molecule has 0 bridgehead atoms. The molecule has 54 heavy (non-hydrogen) atoms. The summed E-state index contributed by atoms with van der Waals surface area (Å²) in [6.07, 6.45) is 6.61. The lowest BCUT2D eigenvalue weighted by Crippen LogP contribution is -2.10. The number of furan rings is 1. The fraction of sp³-hybridized carbons (Fsp3) is 0.115. The summed E-state index contributed by atoms with van der Waals surface area (Å²) < 4.78 is 6.40. The average Bonchev–Trinajstić information content (AvgIpc) is 3.62. The first-order valence-electron chi connectivity index (χ1n) is 19.4. The van der Waals surface area contributed by atoms with Gasteiger partial charge in [0.1, 0.15) is 11.2 Å². The van der Waals surface area contributed by atoms with Gasteiger partial charge in [0.15, 0.2) is 0 Å². The highest BCUT2D eigenvalue weighted by Crippen LogP contribution is 2.44. The van der Waals surface area contributed by atoms with Crippen LogP contribution >= 0.6 is 0 Å². The molecule has 1 fully saturated rings. The van der Waals surface area contributed by atoms with Crippen molar-refractivity contribution in [3.05, 3.63) is 188 Å². The third-order valence-electron chi connectivity index (χ3n) is 11.5. The smallest absolute Gasteiger partial charge is 0.137 e. The molecule has 0 amide bonds. The van der Waals surface area contributed by atoms with Crippen molar-refractivity contribution >= 4 is 49.8 Å². The second-order valence-corrected chi connectivity index (χ2v) is 14.7. The molecule has 1 saturated carbocycles. The van der Waals surface area contributed by atoms with Crippen LogP contribution in [0.25, 0.3) is 66.1 Å². The highest BCUT2D eigenvalue weighted by atomic mass is 16.3.